The molecule has 8 heteroatoms. The van der Waals surface area contributed by atoms with Gasteiger partial charge in [-0.25, -0.2) is 0 Å². The summed E-state index contributed by atoms with van der Waals surface area (Å²) in [6.07, 6.45) is 12.3. The first-order chi connectivity index (χ1) is 9.41. The maximum atomic E-state index is 8.74. The average Bonchev–Trinajstić information content (AvgIpc) is 2.34. The summed E-state index contributed by atoms with van der Waals surface area (Å²) in [5, 5.41) is 10.8. The zero-order chi connectivity index (χ0) is 15.7. The van der Waals surface area contributed by atoms with Gasteiger partial charge in [-0.2, -0.15) is 8.42 Å². The summed E-state index contributed by atoms with van der Waals surface area (Å²) >= 11 is 1.93. The Morgan fingerprint density at radius 2 is 1.62 bits per heavy atom. The Balaban J connectivity index is -0.000000201. The fraction of sp³-hybridized carbons (Fsp3) is 0.846. The van der Waals surface area contributed by atoms with Crippen molar-refractivity contribution in [1.82, 2.24) is 0 Å². The fourth-order valence-electron chi connectivity index (χ4n) is 1.37. The number of rotatable bonds is 11. The maximum absolute atomic E-state index is 8.74. The minimum atomic E-state index is -4.67. The Hall–Kier alpha value is 0.920. The van der Waals surface area contributed by atoms with Gasteiger partial charge in [0.25, 0.3) is 0 Å². The van der Waals surface area contributed by atoms with Crippen LogP contribution in [0.25, 0.3) is 0 Å². The topological polar surface area (TPSA) is 94.8 Å². The Labute approximate surface area is 157 Å². The van der Waals surface area contributed by atoms with Crippen molar-refractivity contribution in [2.75, 3.05) is 12.4 Å². The molecule has 0 aliphatic heterocycles. The van der Waals surface area contributed by atoms with Gasteiger partial charge in [-0.3, -0.25) is 9.11 Å². The molecular formula is C13H29NaO5S2. The molecule has 3 N–H and O–H groups in total. The van der Waals surface area contributed by atoms with E-state index in [1.165, 1.54) is 37.9 Å². The first kappa shape index (κ1) is 26.8. The molecule has 0 rings (SSSR count). The molecule has 0 aliphatic carbocycles. The Kier molecular flexibility index (Phi) is 26.7. The van der Waals surface area contributed by atoms with Crippen molar-refractivity contribution in [3.05, 3.63) is 11.5 Å². The van der Waals surface area contributed by atoms with Gasteiger partial charge in [-0.05, 0) is 36.8 Å². The van der Waals surface area contributed by atoms with Gasteiger partial charge in [0, 0.05) is 6.61 Å². The Morgan fingerprint density at radius 1 is 1.05 bits per heavy atom. The van der Waals surface area contributed by atoms with Crippen LogP contribution in [0.3, 0.4) is 0 Å². The van der Waals surface area contributed by atoms with Gasteiger partial charge in [0.15, 0.2) is 0 Å². The molecular weight excluding hydrogens is 323 g/mol. The second-order valence-electron chi connectivity index (χ2n) is 4.32. The number of hydrogen-bond acceptors (Lipinski definition) is 4. The van der Waals surface area contributed by atoms with E-state index >= 15 is 0 Å². The van der Waals surface area contributed by atoms with E-state index in [2.05, 4.69) is 18.4 Å². The number of thioether (sulfide) groups is 1. The second-order valence-corrected chi connectivity index (χ2v) is 6.23. The average molecular weight is 352 g/mol. The number of aliphatic hydroxyl groups excluding tert-OH is 1. The molecule has 21 heavy (non-hydrogen) atoms. The first-order valence-electron chi connectivity index (χ1n) is 6.99. The normalized spacial score (nSPS) is 10.9. The standard InChI is InChI=1S/C13H26OS.Na.H2O4S.H/c1-2-3-4-6-9-12-15-13-10-7-5-8-11-14;;1-5(2,3)4;/h10,13-14H,2-9,11-12H2,1H3;;(H2,1,2,3,4);/q;+1;;-1. The van der Waals surface area contributed by atoms with Crippen molar-refractivity contribution in [3.8, 4) is 0 Å². The molecule has 0 bridgehead atoms. The predicted molar refractivity (Wildman–Crippen MR) is 86.6 cm³/mol. The van der Waals surface area contributed by atoms with Crippen LogP contribution < -0.4 is 29.6 Å². The smallest absolute Gasteiger partial charge is 1.00 e. The molecule has 0 radical (unpaired) electrons. The number of aliphatic hydroxyl groups is 1. The van der Waals surface area contributed by atoms with Crippen LogP contribution in [0, 0.1) is 0 Å². The van der Waals surface area contributed by atoms with E-state index in [0.29, 0.717) is 6.61 Å². The molecule has 0 spiro atoms. The quantitative estimate of drug-likeness (QED) is 0.290. The molecule has 5 nitrogen and oxygen atoms in total. The summed E-state index contributed by atoms with van der Waals surface area (Å²) in [5.74, 6) is 1.26. The van der Waals surface area contributed by atoms with E-state index in [0.717, 1.165) is 19.3 Å². The molecule has 0 unspecified atom stereocenters. The summed E-state index contributed by atoms with van der Waals surface area (Å²) in [6.45, 7) is 2.59. The molecule has 0 aliphatic rings. The zero-order valence-corrected chi connectivity index (χ0v) is 16.8. The molecule has 0 aromatic rings. The Bertz CT molecular complexity index is 306. The molecule has 0 aromatic carbocycles. The molecule has 0 saturated carbocycles. The van der Waals surface area contributed by atoms with Crippen LogP contribution in [0.4, 0.5) is 0 Å². The van der Waals surface area contributed by atoms with Crippen LogP contribution in [0.1, 0.15) is 59.7 Å². The maximum Gasteiger partial charge on any atom is 1.00 e. The van der Waals surface area contributed by atoms with Gasteiger partial charge in [0.1, 0.15) is 0 Å². The van der Waals surface area contributed by atoms with Crippen LogP contribution in [0.2, 0.25) is 0 Å². The zero-order valence-electron chi connectivity index (χ0n) is 14.2. The SMILES string of the molecule is CCCCCCCSC=CCCCCO.O=S(=O)(O)O.[H-].[Na+]. The van der Waals surface area contributed by atoms with Crippen molar-refractivity contribution >= 4 is 22.2 Å². The number of hydrogen-bond donors (Lipinski definition) is 3. The van der Waals surface area contributed by atoms with E-state index < -0.39 is 10.4 Å². The largest absolute Gasteiger partial charge is 1.00 e. The first-order valence-corrected chi connectivity index (χ1v) is 9.43. The van der Waals surface area contributed by atoms with Crippen LogP contribution in [-0.2, 0) is 10.4 Å². The van der Waals surface area contributed by atoms with Crippen molar-refractivity contribution < 1.29 is 53.6 Å². The van der Waals surface area contributed by atoms with Crippen LogP contribution >= 0.6 is 11.8 Å². The minimum Gasteiger partial charge on any atom is -1.00 e. The van der Waals surface area contributed by atoms with Gasteiger partial charge in [-0.15, -0.1) is 11.8 Å². The summed E-state index contributed by atoms with van der Waals surface area (Å²) in [6, 6.07) is 0. The van der Waals surface area contributed by atoms with Gasteiger partial charge in [0.2, 0.25) is 0 Å². The minimum absolute atomic E-state index is 0. The van der Waals surface area contributed by atoms with Gasteiger partial charge in [-0.1, -0.05) is 38.7 Å². The molecule has 0 amide bonds. The summed E-state index contributed by atoms with van der Waals surface area (Å²) < 4.78 is 31.6. The summed E-state index contributed by atoms with van der Waals surface area (Å²) in [4.78, 5) is 0. The number of unbranched alkanes of at least 4 members (excludes halogenated alkanes) is 6. The summed E-state index contributed by atoms with van der Waals surface area (Å²) in [7, 11) is -4.67. The Morgan fingerprint density at radius 3 is 2.14 bits per heavy atom. The van der Waals surface area contributed by atoms with Crippen molar-refractivity contribution in [3.63, 3.8) is 0 Å². The molecule has 0 heterocycles. The van der Waals surface area contributed by atoms with E-state index in [9.17, 15) is 0 Å². The van der Waals surface area contributed by atoms with Crippen molar-refractivity contribution in [2.24, 2.45) is 0 Å². The second kappa shape index (κ2) is 20.9. The number of allylic oxidation sites excluding steroid dienone is 1. The van der Waals surface area contributed by atoms with E-state index in [-0.39, 0.29) is 31.0 Å². The molecule has 124 valence electrons. The van der Waals surface area contributed by atoms with Gasteiger partial charge < -0.3 is 6.53 Å². The van der Waals surface area contributed by atoms with E-state index in [4.69, 9.17) is 22.6 Å². The molecule has 0 saturated heterocycles. The molecule has 0 aromatic heterocycles. The fourth-order valence-corrected chi connectivity index (χ4v) is 2.15. The third-order valence-electron chi connectivity index (χ3n) is 2.34. The molecule has 0 fully saturated rings. The summed E-state index contributed by atoms with van der Waals surface area (Å²) in [5.41, 5.74) is 0. The monoisotopic (exact) mass is 352 g/mol. The predicted octanol–water partition coefficient (Wildman–Crippen LogP) is 0.830. The van der Waals surface area contributed by atoms with Crippen LogP contribution in [-0.4, -0.2) is 35.0 Å². The third-order valence-corrected chi connectivity index (χ3v) is 3.25. The molecule has 0 atom stereocenters. The van der Waals surface area contributed by atoms with Crippen LogP contribution in [0.5, 0.6) is 0 Å². The van der Waals surface area contributed by atoms with E-state index in [1.807, 2.05) is 11.8 Å². The third kappa shape index (κ3) is 44.9. The van der Waals surface area contributed by atoms with Crippen LogP contribution in [0.15, 0.2) is 11.5 Å². The van der Waals surface area contributed by atoms with E-state index in [1.54, 1.807) is 0 Å². The van der Waals surface area contributed by atoms with Gasteiger partial charge >= 0.3 is 40.0 Å². The van der Waals surface area contributed by atoms with Gasteiger partial charge in [0.05, 0.1) is 0 Å². The van der Waals surface area contributed by atoms with Crippen molar-refractivity contribution in [1.29, 1.82) is 0 Å². The van der Waals surface area contributed by atoms with Crippen molar-refractivity contribution in [2.45, 2.75) is 58.3 Å².